The Labute approximate surface area is 97.8 Å². The molecule has 0 amide bonds. The van der Waals surface area contributed by atoms with Crippen LogP contribution in [-0.4, -0.2) is 0 Å². The second-order valence-electron chi connectivity index (χ2n) is 7.00. The van der Waals surface area contributed by atoms with Crippen molar-refractivity contribution < 1.29 is 0 Å². The van der Waals surface area contributed by atoms with Gasteiger partial charge in [-0.05, 0) is 29.6 Å². The van der Waals surface area contributed by atoms with E-state index in [4.69, 9.17) is 0 Å². The average Bonchev–Trinajstić information content (AvgIpc) is 2.00. The van der Waals surface area contributed by atoms with Gasteiger partial charge in [0.1, 0.15) is 0 Å². The second-order valence-corrected chi connectivity index (χ2v) is 7.00. The maximum absolute atomic E-state index is 2.48. The van der Waals surface area contributed by atoms with Gasteiger partial charge in [0.2, 0.25) is 0 Å². The summed E-state index contributed by atoms with van der Waals surface area (Å²) in [6.07, 6.45) is 6.79. The molecular weight excluding hydrogens is 180 g/mol. The summed E-state index contributed by atoms with van der Waals surface area (Å²) in [5.74, 6) is 0.891. The van der Waals surface area contributed by atoms with Crippen molar-refractivity contribution in [2.24, 2.45) is 16.7 Å². The van der Waals surface area contributed by atoms with Crippen LogP contribution in [0.3, 0.4) is 0 Å². The Morgan fingerprint density at radius 1 is 1.00 bits per heavy atom. The van der Waals surface area contributed by atoms with Crippen LogP contribution in [0.5, 0.6) is 0 Å². The first-order valence-electron chi connectivity index (χ1n) is 6.72. The molecule has 0 aromatic heterocycles. The smallest absolute Gasteiger partial charge is 0.0321 e. The van der Waals surface area contributed by atoms with Crippen LogP contribution >= 0.6 is 0 Å². The normalized spacial score (nSPS) is 18.6. The molecule has 0 aromatic carbocycles. The molecule has 15 heavy (non-hydrogen) atoms. The maximum atomic E-state index is 2.48. The lowest BCUT2D eigenvalue weighted by Gasteiger charge is -2.37. The summed E-state index contributed by atoms with van der Waals surface area (Å²) in [6, 6.07) is 0. The molecule has 0 aliphatic rings. The van der Waals surface area contributed by atoms with Crippen LogP contribution in [0.1, 0.15) is 80.6 Å². The lowest BCUT2D eigenvalue weighted by molar-refractivity contribution is 0.145. The van der Waals surface area contributed by atoms with Crippen LogP contribution in [0.4, 0.5) is 0 Å². The highest BCUT2D eigenvalue weighted by atomic mass is 14.3. The third-order valence-electron chi connectivity index (χ3n) is 3.43. The zero-order chi connectivity index (χ0) is 12.1. The van der Waals surface area contributed by atoms with Crippen LogP contribution in [0.15, 0.2) is 0 Å². The van der Waals surface area contributed by atoms with Gasteiger partial charge in [-0.3, -0.25) is 0 Å². The Bertz CT molecular complexity index is 163. The van der Waals surface area contributed by atoms with Gasteiger partial charge in [0.25, 0.3) is 0 Å². The summed E-state index contributed by atoms with van der Waals surface area (Å²) in [6.45, 7) is 16.6. The van der Waals surface area contributed by atoms with E-state index in [0.29, 0.717) is 10.8 Å². The van der Waals surface area contributed by atoms with E-state index in [9.17, 15) is 0 Å². The third-order valence-corrected chi connectivity index (χ3v) is 3.43. The summed E-state index contributed by atoms with van der Waals surface area (Å²) >= 11 is 0. The van der Waals surface area contributed by atoms with Crippen LogP contribution in [0.25, 0.3) is 0 Å². The van der Waals surface area contributed by atoms with E-state index in [1.54, 1.807) is 0 Å². The molecule has 0 rings (SSSR count). The second kappa shape index (κ2) is 5.92. The van der Waals surface area contributed by atoms with E-state index < -0.39 is 0 Å². The summed E-state index contributed by atoms with van der Waals surface area (Å²) < 4.78 is 0. The Morgan fingerprint density at radius 2 is 1.53 bits per heavy atom. The molecule has 1 unspecified atom stereocenters. The minimum absolute atomic E-state index is 0.469. The molecule has 0 saturated carbocycles. The summed E-state index contributed by atoms with van der Waals surface area (Å²) in [5.41, 5.74) is 1.02. The summed E-state index contributed by atoms with van der Waals surface area (Å²) in [7, 11) is 0. The fourth-order valence-corrected chi connectivity index (χ4v) is 3.06. The van der Waals surface area contributed by atoms with Crippen molar-refractivity contribution >= 4 is 0 Å². The van der Waals surface area contributed by atoms with E-state index in [1.165, 1.54) is 32.1 Å². The van der Waals surface area contributed by atoms with Crippen molar-refractivity contribution in [3.05, 3.63) is 0 Å². The minimum Gasteiger partial charge on any atom is -0.0654 e. The molecule has 0 spiro atoms. The average molecular weight is 212 g/mol. The van der Waals surface area contributed by atoms with Gasteiger partial charge in [0, 0.05) is 0 Å². The molecule has 2 atom stereocenters. The molecule has 0 bridgehead atoms. The molecule has 0 heterocycles. The van der Waals surface area contributed by atoms with Crippen LogP contribution in [0, 0.1) is 16.7 Å². The van der Waals surface area contributed by atoms with Crippen molar-refractivity contribution in [1.29, 1.82) is 0 Å². The lowest BCUT2D eigenvalue weighted by Crippen LogP contribution is -2.25. The van der Waals surface area contributed by atoms with E-state index in [1.807, 2.05) is 0 Å². The Hall–Kier alpha value is 0. The third kappa shape index (κ3) is 6.98. The predicted octanol–water partition coefficient (Wildman–Crippen LogP) is 5.67. The minimum atomic E-state index is 0.469. The highest BCUT2D eigenvalue weighted by Crippen LogP contribution is 2.41. The molecule has 92 valence electrons. The number of hydrogen-bond acceptors (Lipinski definition) is 0. The van der Waals surface area contributed by atoms with Gasteiger partial charge in [-0.25, -0.2) is 0 Å². The maximum Gasteiger partial charge on any atom is -0.0321 e. The fraction of sp³-hybridized carbons (Fsp3) is 1.00. The number of hydrogen-bond donors (Lipinski definition) is 0. The van der Waals surface area contributed by atoms with Crippen molar-refractivity contribution in [2.75, 3.05) is 0 Å². The van der Waals surface area contributed by atoms with Crippen LogP contribution in [-0.2, 0) is 0 Å². The van der Waals surface area contributed by atoms with Crippen LogP contribution in [0.2, 0.25) is 0 Å². The SMILES string of the molecule is CCCC(C)C[C@@](C)(CC)CC(C)(C)C. The largest absolute Gasteiger partial charge is 0.0654 e. The molecule has 0 N–H and O–H groups in total. The van der Waals surface area contributed by atoms with Crippen molar-refractivity contribution in [1.82, 2.24) is 0 Å². The topological polar surface area (TPSA) is 0 Å². The zero-order valence-corrected chi connectivity index (χ0v) is 12.1. The zero-order valence-electron chi connectivity index (χ0n) is 12.1. The molecule has 0 aliphatic carbocycles. The molecule has 0 aromatic rings. The molecule has 0 fully saturated rings. The highest BCUT2D eigenvalue weighted by molar-refractivity contribution is 4.80. The van der Waals surface area contributed by atoms with E-state index in [-0.39, 0.29) is 0 Å². The predicted molar refractivity (Wildman–Crippen MR) is 71.2 cm³/mol. The highest BCUT2D eigenvalue weighted by Gasteiger charge is 2.29. The Balaban J connectivity index is 4.30. The van der Waals surface area contributed by atoms with Gasteiger partial charge >= 0.3 is 0 Å². The van der Waals surface area contributed by atoms with Gasteiger partial charge in [0.15, 0.2) is 0 Å². The monoisotopic (exact) mass is 212 g/mol. The molecule has 0 aliphatic heterocycles. The number of rotatable bonds is 6. The first-order chi connectivity index (χ1) is 6.72. The summed E-state index contributed by atoms with van der Waals surface area (Å²) in [4.78, 5) is 0. The van der Waals surface area contributed by atoms with Crippen molar-refractivity contribution in [3.63, 3.8) is 0 Å². The van der Waals surface area contributed by atoms with E-state index in [0.717, 1.165) is 5.92 Å². The van der Waals surface area contributed by atoms with Gasteiger partial charge in [-0.15, -0.1) is 0 Å². The van der Waals surface area contributed by atoms with Gasteiger partial charge < -0.3 is 0 Å². The van der Waals surface area contributed by atoms with Gasteiger partial charge in [0.05, 0.1) is 0 Å². The molecule has 0 radical (unpaired) electrons. The van der Waals surface area contributed by atoms with Crippen molar-refractivity contribution in [2.45, 2.75) is 80.6 Å². The quantitative estimate of drug-likeness (QED) is 0.532. The van der Waals surface area contributed by atoms with E-state index >= 15 is 0 Å². The van der Waals surface area contributed by atoms with Gasteiger partial charge in [-0.2, -0.15) is 0 Å². The van der Waals surface area contributed by atoms with E-state index in [2.05, 4.69) is 48.5 Å². The first kappa shape index (κ1) is 15.0. The molecule has 0 nitrogen and oxygen atoms in total. The van der Waals surface area contributed by atoms with Crippen molar-refractivity contribution in [3.8, 4) is 0 Å². The first-order valence-corrected chi connectivity index (χ1v) is 6.72. The molecule has 0 saturated heterocycles. The molecule has 0 heteroatoms. The fourth-order valence-electron chi connectivity index (χ4n) is 3.06. The Morgan fingerprint density at radius 3 is 1.87 bits per heavy atom. The Kier molecular flexibility index (Phi) is 5.92. The standard InChI is InChI=1S/C15H32/c1-8-10-13(3)11-15(7,9-2)12-14(4,5)6/h13H,8-12H2,1-7H3/t13?,15-/m1/s1. The summed E-state index contributed by atoms with van der Waals surface area (Å²) in [5, 5.41) is 0. The molecular formula is C15H32. The lowest BCUT2D eigenvalue weighted by atomic mass is 9.69. The van der Waals surface area contributed by atoms with Gasteiger partial charge in [-0.1, -0.05) is 67.7 Å². The van der Waals surface area contributed by atoms with Crippen LogP contribution < -0.4 is 0 Å².